The molecule has 1 N–H and O–H groups in total. The maximum absolute atomic E-state index is 5.35. The topological polar surface area (TPSA) is 39.1 Å². The molecule has 0 saturated carbocycles. The minimum atomic E-state index is 0.376. The highest BCUT2D eigenvalue weighted by Gasteiger charge is 2.16. The van der Waals surface area contributed by atoms with E-state index in [1.165, 1.54) is 5.69 Å². The number of aromatic nitrogens is 2. The summed E-state index contributed by atoms with van der Waals surface area (Å²) in [6.07, 6.45) is 2.80. The van der Waals surface area contributed by atoms with Gasteiger partial charge in [-0.1, -0.05) is 6.92 Å². The van der Waals surface area contributed by atoms with Gasteiger partial charge in [-0.15, -0.1) is 0 Å². The van der Waals surface area contributed by atoms with Crippen LogP contribution in [0.2, 0.25) is 0 Å². The summed E-state index contributed by atoms with van der Waals surface area (Å²) in [4.78, 5) is 0. The third-order valence-electron chi connectivity index (χ3n) is 2.66. The van der Waals surface area contributed by atoms with Crippen molar-refractivity contribution in [3.05, 3.63) is 11.9 Å². The zero-order valence-electron chi connectivity index (χ0n) is 10.9. The first-order chi connectivity index (χ1) is 7.60. The summed E-state index contributed by atoms with van der Waals surface area (Å²) in [6.45, 7) is 7.51. The van der Waals surface area contributed by atoms with E-state index in [0.29, 0.717) is 12.0 Å². The van der Waals surface area contributed by atoms with Gasteiger partial charge in [0.05, 0.1) is 19.0 Å². The fourth-order valence-electron chi connectivity index (χ4n) is 1.93. The SMILES string of the molecule is CNCC(C)Cc1c(OC)cnn1C(C)C. The molecule has 16 heavy (non-hydrogen) atoms. The normalized spacial score (nSPS) is 13.1. The Kier molecular flexibility index (Phi) is 4.80. The number of nitrogens with one attached hydrogen (secondary N) is 1. The van der Waals surface area contributed by atoms with Crippen molar-refractivity contribution in [2.24, 2.45) is 5.92 Å². The van der Waals surface area contributed by atoms with E-state index < -0.39 is 0 Å². The van der Waals surface area contributed by atoms with Crippen molar-refractivity contribution in [1.29, 1.82) is 0 Å². The highest BCUT2D eigenvalue weighted by atomic mass is 16.5. The number of rotatable bonds is 6. The molecule has 0 aliphatic heterocycles. The summed E-state index contributed by atoms with van der Waals surface area (Å²) in [7, 11) is 3.68. The van der Waals surface area contributed by atoms with Crippen molar-refractivity contribution in [3.8, 4) is 5.75 Å². The van der Waals surface area contributed by atoms with E-state index in [1.807, 2.05) is 11.7 Å². The molecule has 0 aromatic carbocycles. The second-order valence-electron chi connectivity index (χ2n) is 4.56. The van der Waals surface area contributed by atoms with Crippen molar-refractivity contribution in [1.82, 2.24) is 15.1 Å². The van der Waals surface area contributed by atoms with Gasteiger partial charge >= 0.3 is 0 Å². The van der Waals surface area contributed by atoms with Gasteiger partial charge in [0, 0.05) is 6.04 Å². The molecule has 0 saturated heterocycles. The van der Waals surface area contributed by atoms with E-state index in [0.717, 1.165) is 18.7 Å². The summed E-state index contributed by atoms with van der Waals surface area (Å²) in [5.74, 6) is 1.48. The maximum Gasteiger partial charge on any atom is 0.159 e. The number of hydrogen-bond donors (Lipinski definition) is 1. The van der Waals surface area contributed by atoms with Crippen LogP contribution in [0.1, 0.15) is 32.5 Å². The second kappa shape index (κ2) is 5.89. The van der Waals surface area contributed by atoms with Crippen molar-refractivity contribution in [3.63, 3.8) is 0 Å². The number of ether oxygens (including phenoxy) is 1. The van der Waals surface area contributed by atoms with Gasteiger partial charge in [0.2, 0.25) is 0 Å². The smallest absolute Gasteiger partial charge is 0.159 e. The molecule has 1 aromatic rings. The molecule has 1 aromatic heterocycles. The Bertz CT molecular complexity index is 320. The first-order valence-electron chi connectivity index (χ1n) is 5.85. The lowest BCUT2D eigenvalue weighted by molar-refractivity contribution is 0.395. The fraction of sp³-hybridized carbons (Fsp3) is 0.750. The van der Waals surface area contributed by atoms with Gasteiger partial charge in [-0.3, -0.25) is 4.68 Å². The van der Waals surface area contributed by atoms with E-state index in [-0.39, 0.29) is 0 Å². The Hall–Kier alpha value is -1.03. The maximum atomic E-state index is 5.35. The van der Waals surface area contributed by atoms with Crippen molar-refractivity contribution < 1.29 is 4.74 Å². The van der Waals surface area contributed by atoms with E-state index in [2.05, 4.69) is 31.2 Å². The van der Waals surface area contributed by atoms with Gasteiger partial charge in [-0.25, -0.2) is 0 Å². The third-order valence-corrected chi connectivity index (χ3v) is 2.66. The highest BCUT2D eigenvalue weighted by Crippen LogP contribution is 2.23. The van der Waals surface area contributed by atoms with E-state index in [9.17, 15) is 0 Å². The minimum Gasteiger partial charge on any atom is -0.493 e. The zero-order chi connectivity index (χ0) is 12.1. The fourth-order valence-corrected chi connectivity index (χ4v) is 1.93. The van der Waals surface area contributed by atoms with Crippen molar-refractivity contribution in [2.75, 3.05) is 20.7 Å². The molecular formula is C12H23N3O. The molecule has 4 heteroatoms. The summed E-state index contributed by atoms with van der Waals surface area (Å²) in [5, 5.41) is 7.57. The Morgan fingerprint density at radius 3 is 2.62 bits per heavy atom. The van der Waals surface area contributed by atoms with Gasteiger partial charge in [0.15, 0.2) is 5.75 Å². The van der Waals surface area contributed by atoms with Gasteiger partial charge in [0.1, 0.15) is 0 Å². The Labute approximate surface area is 98.0 Å². The van der Waals surface area contributed by atoms with Crippen LogP contribution in [0.15, 0.2) is 6.20 Å². The molecule has 92 valence electrons. The molecule has 4 nitrogen and oxygen atoms in total. The van der Waals surface area contributed by atoms with E-state index >= 15 is 0 Å². The minimum absolute atomic E-state index is 0.376. The Balaban J connectivity index is 2.86. The molecule has 1 rings (SSSR count). The van der Waals surface area contributed by atoms with Crippen molar-refractivity contribution >= 4 is 0 Å². The van der Waals surface area contributed by atoms with E-state index in [4.69, 9.17) is 4.74 Å². The lowest BCUT2D eigenvalue weighted by Crippen LogP contribution is -2.20. The van der Waals surface area contributed by atoms with Crippen LogP contribution in [-0.4, -0.2) is 30.5 Å². The van der Waals surface area contributed by atoms with E-state index in [1.54, 1.807) is 13.3 Å². The quantitative estimate of drug-likeness (QED) is 0.803. The lowest BCUT2D eigenvalue weighted by atomic mass is 10.1. The molecule has 1 unspecified atom stereocenters. The molecular weight excluding hydrogens is 202 g/mol. The lowest BCUT2D eigenvalue weighted by Gasteiger charge is -2.15. The molecule has 1 heterocycles. The molecule has 0 spiro atoms. The molecule has 0 radical (unpaired) electrons. The predicted octanol–water partition coefficient (Wildman–Crippen LogP) is 1.87. The average Bonchev–Trinajstić information content (AvgIpc) is 2.61. The summed E-state index contributed by atoms with van der Waals surface area (Å²) in [6, 6.07) is 0.376. The number of hydrogen-bond acceptors (Lipinski definition) is 3. The largest absolute Gasteiger partial charge is 0.493 e. The molecule has 0 aliphatic carbocycles. The zero-order valence-corrected chi connectivity index (χ0v) is 10.9. The molecule has 0 aliphatic rings. The van der Waals surface area contributed by atoms with Crippen LogP contribution in [0.4, 0.5) is 0 Å². The van der Waals surface area contributed by atoms with Gasteiger partial charge in [0.25, 0.3) is 0 Å². The van der Waals surface area contributed by atoms with Crippen LogP contribution >= 0.6 is 0 Å². The average molecular weight is 225 g/mol. The number of nitrogens with zero attached hydrogens (tertiary/aromatic N) is 2. The third kappa shape index (κ3) is 2.98. The first-order valence-corrected chi connectivity index (χ1v) is 5.85. The van der Waals surface area contributed by atoms with Crippen LogP contribution in [0.5, 0.6) is 5.75 Å². The van der Waals surface area contributed by atoms with Crippen molar-refractivity contribution in [2.45, 2.75) is 33.2 Å². The van der Waals surface area contributed by atoms with Gasteiger partial charge in [-0.2, -0.15) is 5.10 Å². The first kappa shape index (κ1) is 13.0. The van der Waals surface area contributed by atoms with Gasteiger partial charge < -0.3 is 10.1 Å². The number of methoxy groups -OCH3 is 1. The van der Waals surface area contributed by atoms with Crippen LogP contribution < -0.4 is 10.1 Å². The summed E-state index contributed by atoms with van der Waals surface area (Å²) in [5.41, 5.74) is 1.19. The van der Waals surface area contributed by atoms with Crippen LogP contribution in [0, 0.1) is 5.92 Å². The van der Waals surface area contributed by atoms with Crippen LogP contribution in [0.25, 0.3) is 0 Å². The van der Waals surface area contributed by atoms with Crippen LogP contribution in [-0.2, 0) is 6.42 Å². The Morgan fingerprint density at radius 2 is 2.12 bits per heavy atom. The second-order valence-corrected chi connectivity index (χ2v) is 4.56. The van der Waals surface area contributed by atoms with Crippen LogP contribution in [0.3, 0.4) is 0 Å². The predicted molar refractivity (Wildman–Crippen MR) is 66.0 cm³/mol. The summed E-state index contributed by atoms with van der Waals surface area (Å²) >= 11 is 0. The molecule has 1 atom stereocenters. The van der Waals surface area contributed by atoms with Gasteiger partial charge in [-0.05, 0) is 39.8 Å². The molecule has 0 bridgehead atoms. The standard InChI is InChI=1S/C12H23N3O/c1-9(2)15-11(6-10(3)7-13-4)12(16-5)8-14-15/h8-10,13H,6-7H2,1-5H3. The highest BCUT2D eigenvalue weighted by molar-refractivity contribution is 5.26. The summed E-state index contributed by atoms with van der Waals surface area (Å²) < 4.78 is 7.40. The monoisotopic (exact) mass is 225 g/mol. The molecule has 0 amide bonds. The Morgan fingerprint density at radius 1 is 1.44 bits per heavy atom. The molecule has 0 fully saturated rings.